The van der Waals surface area contributed by atoms with Gasteiger partial charge >= 0.3 is 0 Å². The van der Waals surface area contributed by atoms with Crippen LogP contribution in [0.4, 0.5) is 10.2 Å². The van der Waals surface area contributed by atoms with Crippen LogP contribution in [0.2, 0.25) is 5.02 Å². The van der Waals surface area contributed by atoms with Gasteiger partial charge in [-0.05, 0) is 56.7 Å². The van der Waals surface area contributed by atoms with Crippen molar-refractivity contribution in [2.45, 2.75) is 45.1 Å². The molecule has 4 rings (SSSR count). The van der Waals surface area contributed by atoms with Gasteiger partial charge in [0.1, 0.15) is 5.78 Å². The van der Waals surface area contributed by atoms with Gasteiger partial charge in [0.25, 0.3) is 0 Å². The quantitative estimate of drug-likeness (QED) is 0.642. The Labute approximate surface area is 193 Å². The maximum Gasteiger partial charge on any atom is 0.165 e. The summed E-state index contributed by atoms with van der Waals surface area (Å²) in [5.74, 6) is 0.434. The summed E-state index contributed by atoms with van der Waals surface area (Å²) < 4.78 is 19.8. The van der Waals surface area contributed by atoms with Gasteiger partial charge in [0.05, 0.1) is 10.7 Å². The van der Waals surface area contributed by atoms with Gasteiger partial charge in [-0.25, -0.2) is 9.37 Å². The largest absolute Gasteiger partial charge is 0.381 e. The number of nitrogens with zero attached hydrogens (tertiary/aromatic N) is 2. The number of anilines is 1. The third-order valence-corrected chi connectivity index (χ3v) is 6.71. The first-order valence-electron chi connectivity index (χ1n) is 11.4. The van der Waals surface area contributed by atoms with Gasteiger partial charge < -0.3 is 15.4 Å². The molecule has 2 saturated heterocycles. The highest BCUT2D eigenvalue weighted by atomic mass is 35.5. The summed E-state index contributed by atoms with van der Waals surface area (Å²) in [5, 5.41) is 6.93. The number of rotatable bonds is 7. The molecule has 0 spiro atoms. The molecule has 6 nitrogen and oxygen atoms in total. The summed E-state index contributed by atoms with van der Waals surface area (Å²) in [5.41, 5.74) is 1.85. The van der Waals surface area contributed by atoms with Crippen LogP contribution >= 0.6 is 11.6 Å². The SMILES string of the molecule is C[C@@H]1CC[C@@H](C(=O)Cc2cc(-c3ccc(F)c(NCC4CCOCC4)n3)c(Cl)cn2)CN1. The minimum atomic E-state index is -0.402. The van der Waals surface area contributed by atoms with E-state index in [-0.39, 0.29) is 23.9 Å². The average Bonchev–Trinajstić information content (AvgIpc) is 2.81. The molecule has 0 saturated carbocycles. The first-order chi connectivity index (χ1) is 15.5. The summed E-state index contributed by atoms with van der Waals surface area (Å²) in [6, 6.07) is 5.25. The van der Waals surface area contributed by atoms with Gasteiger partial charge in [0, 0.05) is 62.1 Å². The van der Waals surface area contributed by atoms with Crippen molar-refractivity contribution in [3.05, 3.63) is 40.9 Å². The molecule has 0 amide bonds. The Morgan fingerprint density at radius 3 is 2.84 bits per heavy atom. The Balaban J connectivity index is 1.47. The van der Waals surface area contributed by atoms with Crippen molar-refractivity contribution in [2.24, 2.45) is 11.8 Å². The molecule has 2 aromatic heterocycles. The Morgan fingerprint density at radius 2 is 2.09 bits per heavy atom. The highest BCUT2D eigenvalue weighted by Gasteiger charge is 2.24. The monoisotopic (exact) mass is 460 g/mol. The molecule has 2 aromatic rings. The summed E-state index contributed by atoms with van der Waals surface area (Å²) in [7, 11) is 0. The van der Waals surface area contributed by atoms with Gasteiger partial charge in [-0.2, -0.15) is 0 Å². The number of Topliss-reactive ketones (excluding diaryl/α,β-unsaturated/α-hetero) is 1. The fraction of sp³-hybridized carbons (Fsp3) is 0.542. The van der Waals surface area contributed by atoms with Crippen molar-refractivity contribution in [1.82, 2.24) is 15.3 Å². The van der Waals surface area contributed by atoms with Crippen molar-refractivity contribution in [3.63, 3.8) is 0 Å². The molecular weight excluding hydrogens is 431 g/mol. The Kier molecular flexibility index (Phi) is 7.71. The number of hydrogen-bond donors (Lipinski definition) is 2. The van der Waals surface area contributed by atoms with Gasteiger partial charge in [0.15, 0.2) is 11.6 Å². The molecular formula is C24H30ClFN4O2. The molecule has 2 aliphatic rings. The number of halogens is 2. The standard InChI is InChI=1S/C24H30ClFN4O2/c1-15-2-3-17(13-27-15)23(31)11-18-10-19(20(25)14-28-18)22-5-4-21(26)24(30-22)29-12-16-6-8-32-9-7-16/h4-5,10,14-17,27H,2-3,6-9,11-13H2,1H3,(H,29,30)/t15-,17-/m1/s1. The third kappa shape index (κ3) is 5.82. The van der Waals surface area contributed by atoms with E-state index in [0.717, 1.165) is 38.9 Å². The van der Waals surface area contributed by atoms with Crippen LogP contribution in [0.5, 0.6) is 0 Å². The van der Waals surface area contributed by atoms with Crippen molar-refractivity contribution < 1.29 is 13.9 Å². The molecule has 4 heterocycles. The molecule has 0 aromatic carbocycles. The number of ether oxygens (including phenoxy) is 1. The molecule has 8 heteroatoms. The average molecular weight is 461 g/mol. The maximum atomic E-state index is 14.4. The van der Waals surface area contributed by atoms with Crippen LogP contribution < -0.4 is 10.6 Å². The fourth-order valence-electron chi connectivity index (χ4n) is 4.28. The lowest BCUT2D eigenvalue weighted by Crippen LogP contribution is -2.40. The van der Waals surface area contributed by atoms with Crippen LogP contribution in [0.3, 0.4) is 0 Å². The molecule has 32 heavy (non-hydrogen) atoms. The van der Waals surface area contributed by atoms with E-state index in [9.17, 15) is 9.18 Å². The minimum absolute atomic E-state index is 0.0112. The molecule has 0 unspecified atom stereocenters. The normalized spacial score (nSPS) is 22.0. The van der Waals surface area contributed by atoms with E-state index in [1.165, 1.54) is 6.07 Å². The Morgan fingerprint density at radius 1 is 1.28 bits per heavy atom. The van der Waals surface area contributed by atoms with E-state index in [2.05, 4.69) is 27.5 Å². The molecule has 2 aliphatic heterocycles. The number of carbonyl (C=O) groups is 1. The van der Waals surface area contributed by atoms with E-state index in [0.29, 0.717) is 47.0 Å². The summed E-state index contributed by atoms with van der Waals surface area (Å²) in [6.45, 7) is 4.98. The number of hydrogen-bond acceptors (Lipinski definition) is 6. The van der Waals surface area contributed by atoms with Crippen molar-refractivity contribution in [2.75, 3.05) is 31.6 Å². The number of pyridine rings is 2. The van der Waals surface area contributed by atoms with Gasteiger partial charge in [-0.1, -0.05) is 11.6 Å². The topological polar surface area (TPSA) is 76.1 Å². The number of carbonyl (C=O) groups excluding carboxylic acids is 1. The van der Waals surface area contributed by atoms with E-state index in [4.69, 9.17) is 16.3 Å². The molecule has 2 atom stereocenters. The first-order valence-corrected chi connectivity index (χ1v) is 11.8. The van der Waals surface area contributed by atoms with E-state index < -0.39 is 5.82 Å². The molecule has 0 aliphatic carbocycles. The second-order valence-electron chi connectivity index (χ2n) is 8.85. The van der Waals surface area contributed by atoms with Crippen LogP contribution in [0.1, 0.15) is 38.3 Å². The number of nitrogens with one attached hydrogen (secondary N) is 2. The summed E-state index contributed by atoms with van der Waals surface area (Å²) >= 11 is 6.40. The fourth-order valence-corrected chi connectivity index (χ4v) is 4.48. The highest BCUT2D eigenvalue weighted by molar-refractivity contribution is 6.33. The van der Waals surface area contributed by atoms with E-state index in [1.807, 2.05) is 0 Å². The minimum Gasteiger partial charge on any atom is -0.381 e. The zero-order valence-corrected chi connectivity index (χ0v) is 19.1. The summed E-state index contributed by atoms with van der Waals surface area (Å²) in [4.78, 5) is 21.6. The van der Waals surface area contributed by atoms with Crippen molar-refractivity contribution in [1.29, 1.82) is 0 Å². The first kappa shape index (κ1) is 23.1. The molecule has 172 valence electrons. The van der Waals surface area contributed by atoms with Crippen LogP contribution in [-0.4, -0.2) is 48.1 Å². The van der Waals surface area contributed by atoms with Gasteiger partial charge in [-0.15, -0.1) is 0 Å². The van der Waals surface area contributed by atoms with Crippen molar-refractivity contribution in [3.8, 4) is 11.3 Å². The van der Waals surface area contributed by atoms with E-state index in [1.54, 1.807) is 18.3 Å². The maximum absolute atomic E-state index is 14.4. The zero-order chi connectivity index (χ0) is 22.5. The number of ketones is 1. The predicted molar refractivity (Wildman–Crippen MR) is 123 cm³/mol. The number of aromatic nitrogens is 2. The highest BCUT2D eigenvalue weighted by Crippen LogP contribution is 2.29. The van der Waals surface area contributed by atoms with Crippen LogP contribution in [-0.2, 0) is 16.0 Å². The zero-order valence-electron chi connectivity index (χ0n) is 18.4. The van der Waals surface area contributed by atoms with Gasteiger partial charge in [0.2, 0.25) is 0 Å². The van der Waals surface area contributed by atoms with Crippen LogP contribution in [0.15, 0.2) is 24.4 Å². The molecule has 2 N–H and O–H groups in total. The lowest BCUT2D eigenvalue weighted by molar-refractivity contribution is -0.122. The second kappa shape index (κ2) is 10.7. The van der Waals surface area contributed by atoms with Crippen LogP contribution in [0.25, 0.3) is 11.3 Å². The van der Waals surface area contributed by atoms with Crippen molar-refractivity contribution >= 4 is 23.2 Å². The second-order valence-corrected chi connectivity index (χ2v) is 9.25. The van der Waals surface area contributed by atoms with Crippen LogP contribution in [0, 0.1) is 17.7 Å². The van der Waals surface area contributed by atoms with E-state index >= 15 is 0 Å². The molecule has 0 bridgehead atoms. The predicted octanol–water partition coefficient (Wildman–Crippen LogP) is 4.27. The number of piperidine rings is 1. The Bertz CT molecular complexity index is 944. The third-order valence-electron chi connectivity index (χ3n) is 6.40. The smallest absolute Gasteiger partial charge is 0.165 e. The van der Waals surface area contributed by atoms with Gasteiger partial charge in [-0.3, -0.25) is 9.78 Å². The molecule has 2 fully saturated rings. The molecule has 0 radical (unpaired) electrons. The summed E-state index contributed by atoms with van der Waals surface area (Å²) in [6.07, 6.45) is 5.60. The Hall–Kier alpha value is -2.09. The lowest BCUT2D eigenvalue weighted by Gasteiger charge is -2.26. The lowest BCUT2D eigenvalue weighted by atomic mass is 9.90.